The Hall–Kier alpha value is -1.96. The van der Waals surface area contributed by atoms with E-state index in [-0.39, 0.29) is 17.8 Å². The molecule has 1 atom stereocenters. The molecule has 30 heavy (non-hydrogen) atoms. The Balaban J connectivity index is 1.50. The molecule has 3 aromatic rings. The molecule has 7 heteroatoms. The highest BCUT2D eigenvalue weighted by Crippen LogP contribution is 2.33. The smallest absolute Gasteiger partial charge is 0.229 e. The number of carbonyl (C=O) groups is 1. The number of carbonyl (C=O) groups excluding carboxylic acids is 1. The van der Waals surface area contributed by atoms with Crippen molar-refractivity contribution in [2.75, 3.05) is 23.8 Å². The standard InChI is InChI=1S/C23H25FN2O2S2/c1-15-5-10-20-22(16(15)2)25-23(30-20)26(14-18-4-3-12-28-18)21(27)11-13-29-19-8-6-17(24)7-9-19/h5-10,18H,3-4,11-14H2,1-2H3. The Labute approximate surface area is 184 Å². The lowest BCUT2D eigenvalue weighted by Gasteiger charge is -2.23. The molecule has 2 heterocycles. The number of thioether (sulfide) groups is 1. The number of hydrogen-bond donors (Lipinski definition) is 0. The molecule has 0 spiro atoms. The van der Waals surface area contributed by atoms with Crippen LogP contribution in [0, 0.1) is 19.7 Å². The van der Waals surface area contributed by atoms with Crippen LogP contribution in [0.15, 0.2) is 41.3 Å². The van der Waals surface area contributed by atoms with E-state index in [4.69, 9.17) is 9.72 Å². The van der Waals surface area contributed by atoms with Gasteiger partial charge in [0, 0.05) is 23.7 Å². The van der Waals surface area contributed by atoms with Gasteiger partial charge < -0.3 is 4.74 Å². The van der Waals surface area contributed by atoms with E-state index in [0.29, 0.717) is 18.7 Å². The van der Waals surface area contributed by atoms with Crippen molar-refractivity contribution in [3.05, 3.63) is 53.3 Å². The number of thiazole rings is 1. The average molecular weight is 445 g/mol. The first-order valence-electron chi connectivity index (χ1n) is 10.2. The zero-order valence-electron chi connectivity index (χ0n) is 17.2. The minimum absolute atomic E-state index is 0.0496. The van der Waals surface area contributed by atoms with Crippen LogP contribution < -0.4 is 4.90 Å². The number of amides is 1. The van der Waals surface area contributed by atoms with Crippen LogP contribution in [0.4, 0.5) is 9.52 Å². The molecular weight excluding hydrogens is 419 g/mol. The van der Waals surface area contributed by atoms with Crippen molar-refractivity contribution in [3.63, 3.8) is 0 Å². The lowest BCUT2D eigenvalue weighted by atomic mass is 10.1. The van der Waals surface area contributed by atoms with Gasteiger partial charge in [-0.2, -0.15) is 0 Å². The number of hydrogen-bond acceptors (Lipinski definition) is 5. The number of fused-ring (bicyclic) bond motifs is 1. The molecule has 158 valence electrons. The van der Waals surface area contributed by atoms with Crippen LogP contribution in [-0.2, 0) is 9.53 Å². The van der Waals surface area contributed by atoms with Crippen LogP contribution in [0.1, 0.15) is 30.4 Å². The number of aryl methyl sites for hydroxylation is 2. The normalized spacial score (nSPS) is 16.3. The number of halogens is 1. The van der Waals surface area contributed by atoms with Crippen LogP contribution in [0.5, 0.6) is 0 Å². The van der Waals surface area contributed by atoms with Gasteiger partial charge in [0.25, 0.3) is 0 Å². The summed E-state index contributed by atoms with van der Waals surface area (Å²) in [6, 6.07) is 10.6. The number of anilines is 1. The lowest BCUT2D eigenvalue weighted by molar-refractivity contribution is -0.118. The van der Waals surface area contributed by atoms with E-state index in [1.807, 2.05) is 0 Å². The van der Waals surface area contributed by atoms with E-state index in [0.717, 1.165) is 45.3 Å². The van der Waals surface area contributed by atoms with Gasteiger partial charge in [0.2, 0.25) is 5.91 Å². The summed E-state index contributed by atoms with van der Waals surface area (Å²) in [4.78, 5) is 20.8. The van der Waals surface area contributed by atoms with Crippen LogP contribution in [0.3, 0.4) is 0 Å². The third-order valence-electron chi connectivity index (χ3n) is 5.41. The molecular formula is C23H25FN2O2S2. The van der Waals surface area contributed by atoms with Crippen LogP contribution >= 0.6 is 23.1 Å². The van der Waals surface area contributed by atoms with Gasteiger partial charge in [-0.3, -0.25) is 9.69 Å². The lowest BCUT2D eigenvalue weighted by Crippen LogP contribution is -2.37. The third kappa shape index (κ3) is 4.85. The fourth-order valence-corrected chi connectivity index (χ4v) is 5.42. The van der Waals surface area contributed by atoms with Gasteiger partial charge >= 0.3 is 0 Å². The molecule has 1 fully saturated rings. The van der Waals surface area contributed by atoms with Crippen LogP contribution in [-0.4, -0.2) is 35.9 Å². The number of nitrogens with zero attached hydrogens (tertiary/aromatic N) is 2. The molecule has 1 amide bonds. The minimum atomic E-state index is -0.250. The summed E-state index contributed by atoms with van der Waals surface area (Å²) in [5.41, 5.74) is 3.33. The Bertz CT molecular complexity index is 1030. The van der Waals surface area contributed by atoms with Gasteiger partial charge in [-0.05, 0) is 68.1 Å². The number of aromatic nitrogens is 1. The molecule has 4 rings (SSSR count). The first kappa shape index (κ1) is 21.3. The van der Waals surface area contributed by atoms with E-state index in [1.165, 1.54) is 17.7 Å². The van der Waals surface area contributed by atoms with Gasteiger partial charge in [0.05, 0.1) is 22.9 Å². The predicted octanol–water partition coefficient (Wildman–Crippen LogP) is 5.75. The van der Waals surface area contributed by atoms with Crippen molar-refractivity contribution in [1.82, 2.24) is 4.98 Å². The Morgan fingerprint density at radius 3 is 2.80 bits per heavy atom. The van der Waals surface area contributed by atoms with Crippen molar-refractivity contribution < 1.29 is 13.9 Å². The molecule has 1 aliphatic heterocycles. The van der Waals surface area contributed by atoms with E-state index in [1.54, 1.807) is 40.1 Å². The van der Waals surface area contributed by atoms with Gasteiger partial charge in [0.1, 0.15) is 5.82 Å². The van der Waals surface area contributed by atoms with Gasteiger partial charge in [-0.15, -0.1) is 11.8 Å². The first-order chi connectivity index (χ1) is 14.5. The zero-order valence-corrected chi connectivity index (χ0v) is 18.8. The average Bonchev–Trinajstić information content (AvgIpc) is 3.40. The summed E-state index contributed by atoms with van der Waals surface area (Å²) in [6.07, 6.45) is 2.46. The van der Waals surface area contributed by atoms with E-state index >= 15 is 0 Å². The van der Waals surface area contributed by atoms with Crippen molar-refractivity contribution in [2.45, 2.75) is 44.1 Å². The topological polar surface area (TPSA) is 42.4 Å². The van der Waals surface area contributed by atoms with Crippen molar-refractivity contribution in [3.8, 4) is 0 Å². The minimum Gasteiger partial charge on any atom is -0.376 e. The molecule has 0 bridgehead atoms. The molecule has 1 unspecified atom stereocenters. The van der Waals surface area contributed by atoms with Crippen molar-refractivity contribution >= 4 is 44.4 Å². The molecule has 2 aromatic carbocycles. The number of rotatable bonds is 7. The maximum absolute atomic E-state index is 13.2. The second-order valence-corrected chi connectivity index (χ2v) is 9.72. The molecule has 1 aliphatic rings. The fraction of sp³-hybridized carbons (Fsp3) is 0.391. The maximum atomic E-state index is 13.2. The molecule has 1 aromatic heterocycles. The molecule has 4 nitrogen and oxygen atoms in total. The highest BCUT2D eigenvalue weighted by atomic mass is 32.2. The molecule has 0 aliphatic carbocycles. The number of benzene rings is 2. The second-order valence-electron chi connectivity index (χ2n) is 7.54. The summed E-state index contributed by atoms with van der Waals surface area (Å²) < 4.78 is 20.0. The van der Waals surface area contributed by atoms with E-state index in [9.17, 15) is 9.18 Å². The quantitative estimate of drug-likeness (QED) is 0.436. The van der Waals surface area contributed by atoms with Gasteiger partial charge in [-0.1, -0.05) is 17.4 Å². The maximum Gasteiger partial charge on any atom is 0.229 e. The second kappa shape index (κ2) is 9.45. The summed E-state index contributed by atoms with van der Waals surface area (Å²) in [6.45, 7) is 5.45. The predicted molar refractivity (Wildman–Crippen MR) is 122 cm³/mol. The number of ether oxygens (including phenoxy) is 1. The molecule has 1 saturated heterocycles. The summed E-state index contributed by atoms with van der Waals surface area (Å²) in [7, 11) is 0. The molecule has 0 N–H and O–H groups in total. The third-order valence-corrected chi connectivity index (χ3v) is 7.47. The Kier molecular flexibility index (Phi) is 6.71. The molecule has 0 radical (unpaired) electrons. The van der Waals surface area contributed by atoms with Crippen molar-refractivity contribution in [2.24, 2.45) is 0 Å². The van der Waals surface area contributed by atoms with E-state index in [2.05, 4.69) is 26.0 Å². The van der Waals surface area contributed by atoms with Gasteiger partial charge in [-0.25, -0.2) is 9.37 Å². The summed E-state index contributed by atoms with van der Waals surface area (Å²) in [5.74, 6) is 0.434. The van der Waals surface area contributed by atoms with Crippen LogP contribution in [0.2, 0.25) is 0 Å². The summed E-state index contributed by atoms with van der Waals surface area (Å²) >= 11 is 3.12. The summed E-state index contributed by atoms with van der Waals surface area (Å²) in [5, 5.41) is 0.742. The Morgan fingerprint density at radius 1 is 1.27 bits per heavy atom. The first-order valence-corrected chi connectivity index (χ1v) is 12.0. The Morgan fingerprint density at radius 2 is 2.07 bits per heavy atom. The van der Waals surface area contributed by atoms with Gasteiger partial charge in [0.15, 0.2) is 5.13 Å². The fourth-order valence-electron chi connectivity index (χ4n) is 3.53. The zero-order chi connectivity index (χ0) is 21.1. The monoisotopic (exact) mass is 444 g/mol. The SMILES string of the molecule is Cc1ccc2sc(N(CC3CCCO3)C(=O)CCSc3ccc(F)cc3)nc2c1C. The largest absolute Gasteiger partial charge is 0.376 e. The van der Waals surface area contributed by atoms with Crippen LogP contribution in [0.25, 0.3) is 10.2 Å². The molecule has 0 saturated carbocycles. The van der Waals surface area contributed by atoms with E-state index < -0.39 is 0 Å². The highest BCUT2D eigenvalue weighted by molar-refractivity contribution is 7.99. The highest BCUT2D eigenvalue weighted by Gasteiger charge is 2.26. The van der Waals surface area contributed by atoms with Crippen molar-refractivity contribution in [1.29, 1.82) is 0 Å².